The number of benzene rings is 2. The highest BCUT2D eigenvalue weighted by Gasteiger charge is 2.24. The molecule has 0 atom stereocenters. The molecule has 0 radical (unpaired) electrons. The normalized spacial score (nSPS) is 11.5. The zero-order valence-electron chi connectivity index (χ0n) is 10.3. The molecule has 2 aromatic carbocycles. The average molecular weight is 245 g/mol. The van der Waals surface area contributed by atoms with E-state index in [9.17, 15) is 14.6 Å². The Morgan fingerprint density at radius 1 is 0.889 bits per heavy atom. The third kappa shape index (κ3) is 2.16. The van der Waals surface area contributed by atoms with E-state index in [2.05, 4.69) is 0 Å². The second-order valence-electron chi connectivity index (χ2n) is 4.84. The number of phenolic OH excluding ortho intramolecular Hbond substituents is 2. The van der Waals surface area contributed by atoms with Crippen molar-refractivity contribution in [2.75, 3.05) is 0 Å². The number of hydrogen-bond acceptors (Lipinski definition) is 2. The maximum absolute atomic E-state index is 13.4. The van der Waals surface area contributed by atoms with Gasteiger partial charge in [-0.1, -0.05) is 32.0 Å². The summed E-state index contributed by atoms with van der Waals surface area (Å²) in [4.78, 5) is 0. The Hall–Kier alpha value is -2.03. The van der Waals surface area contributed by atoms with E-state index in [-0.39, 0.29) is 11.5 Å². The van der Waals surface area contributed by atoms with Crippen LogP contribution >= 0.6 is 0 Å². The molecule has 0 unspecified atom stereocenters. The Bertz CT molecular complexity index is 559. The second kappa shape index (κ2) is 4.33. The Kier molecular flexibility index (Phi) is 2.99. The van der Waals surface area contributed by atoms with Gasteiger partial charge in [-0.05, 0) is 35.4 Å². The molecule has 0 heterocycles. The lowest BCUT2D eigenvalue weighted by Gasteiger charge is -2.26. The van der Waals surface area contributed by atoms with Crippen LogP contribution in [-0.4, -0.2) is 10.2 Å². The molecule has 0 aliphatic heterocycles. The van der Waals surface area contributed by atoms with Crippen molar-refractivity contribution in [1.82, 2.24) is 0 Å². The fraction of sp³-hybridized carbons (Fsp3) is 0.200. The van der Waals surface area contributed by atoms with Gasteiger partial charge >= 0.3 is 0 Å². The van der Waals surface area contributed by atoms with Crippen LogP contribution in [0.5, 0.6) is 11.5 Å². The monoisotopic (exact) mass is 245 g/mol. The van der Waals surface area contributed by atoms with Crippen LogP contribution in [0.25, 0.3) is 0 Å². The summed E-state index contributed by atoms with van der Waals surface area (Å²) in [5.74, 6) is -0.772. The van der Waals surface area contributed by atoms with Crippen molar-refractivity contribution in [2.24, 2.45) is 0 Å². The van der Waals surface area contributed by atoms with E-state index in [1.54, 1.807) is 30.3 Å². The number of phenols is 2. The van der Waals surface area contributed by atoms with Gasteiger partial charge in [0, 0.05) is 5.41 Å². The zero-order valence-corrected chi connectivity index (χ0v) is 10.3. The quantitative estimate of drug-likeness (QED) is 0.849. The predicted molar refractivity (Wildman–Crippen MR) is 68.3 cm³/mol. The van der Waals surface area contributed by atoms with Gasteiger partial charge in [-0.2, -0.15) is 0 Å². The molecule has 0 bridgehead atoms. The van der Waals surface area contributed by atoms with E-state index in [4.69, 9.17) is 0 Å². The van der Waals surface area contributed by atoms with Crippen molar-refractivity contribution in [3.63, 3.8) is 0 Å². The lowest BCUT2D eigenvalue weighted by atomic mass is 9.78. The van der Waals surface area contributed by atoms with Crippen molar-refractivity contribution in [3.8, 4) is 11.5 Å². The van der Waals surface area contributed by atoms with Crippen molar-refractivity contribution in [1.29, 1.82) is 0 Å². The van der Waals surface area contributed by atoms with Crippen LogP contribution < -0.4 is 0 Å². The molecular formula is C15H15FO2. The predicted octanol–water partition coefficient (Wildman–Crippen LogP) is 3.56. The first-order valence-corrected chi connectivity index (χ1v) is 5.70. The van der Waals surface area contributed by atoms with Crippen LogP contribution in [0.4, 0.5) is 4.39 Å². The highest BCUT2D eigenvalue weighted by Crippen LogP contribution is 2.33. The number of aromatic hydroxyl groups is 2. The highest BCUT2D eigenvalue weighted by atomic mass is 18.2. The first-order chi connectivity index (χ1) is 8.41. The Morgan fingerprint density at radius 3 is 2.00 bits per heavy atom. The Morgan fingerprint density at radius 2 is 1.44 bits per heavy atom. The van der Waals surface area contributed by atoms with E-state index in [0.717, 1.165) is 11.1 Å². The summed E-state index contributed by atoms with van der Waals surface area (Å²) in [7, 11) is 0. The molecule has 0 aliphatic carbocycles. The molecule has 0 saturated heterocycles. The fourth-order valence-electron chi connectivity index (χ4n) is 1.94. The maximum Gasteiger partial charge on any atom is 0.165 e. The van der Waals surface area contributed by atoms with E-state index < -0.39 is 11.2 Å². The molecule has 0 amide bonds. The van der Waals surface area contributed by atoms with Gasteiger partial charge in [0.25, 0.3) is 0 Å². The summed E-state index contributed by atoms with van der Waals surface area (Å²) in [6, 6.07) is 11.2. The third-order valence-corrected chi connectivity index (χ3v) is 3.26. The van der Waals surface area contributed by atoms with Gasteiger partial charge in [0.2, 0.25) is 0 Å². The van der Waals surface area contributed by atoms with Crippen LogP contribution in [0.3, 0.4) is 0 Å². The minimum atomic E-state index is -0.626. The van der Waals surface area contributed by atoms with Gasteiger partial charge in [0.15, 0.2) is 11.6 Å². The first-order valence-electron chi connectivity index (χ1n) is 5.70. The van der Waals surface area contributed by atoms with Gasteiger partial charge in [-0.15, -0.1) is 0 Å². The summed E-state index contributed by atoms with van der Waals surface area (Å²) in [5, 5.41) is 18.5. The maximum atomic E-state index is 13.4. The first kappa shape index (κ1) is 12.4. The third-order valence-electron chi connectivity index (χ3n) is 3.26. The van der Waals surface area contributed by atoms with Crippen LogP contribution in [-0.2, 0) is 5.41 Å². The molecule has 2 aromatic rings. The summed E-state index contributed by atoms with van der Waals surface area (Å²) >= 11 is 0. The summed E-state index contributed by atoms with van der Waals surface area (Å²) in [6.45, 7) is 3.93. The molecule has 0 aromatic heterocycles. The highest BCUT2D eigenvalue weighted by molar-refractivity contribution is 5.41. The van der Waals surface area contributed by atoms with Gasteiger partial charge in [0.1, 0.15) is 5.75 Å². The Balaban J connectivity index is 2.46. The lowest BCUT2D eigenvalue weighted by molar-refractivity contribution is 0.430. The van der Waals surface area contributed by atoms with E-state index in [0.29, 0.717) is 0 Å². The largest absolute Gasteiger partial charge is 0.508 e. The summed E-state index contributed by atoms with van der Waals surface area (Å²) < 4.78 is 13.4. The standard InChI is InChI=1S/C15H15FO2/c1-15(2,10-3-6-12(17)7-4-10)11-5-8-14(18)13(16)9-11/h3-9,17-18H,1-2H3/i16-1. The number of hydrogen-bond donors (Lipinski definition) is 2. The van der Waals surface area contributed by atoms with Crippen molar-refractivity contribution < 1.29 is 14.6 Å². The molecule has 2 rings (SSSR count). The minimum Gasteiger partial charge on any atom is -0.508 e. The molecule has 18 heavy (non-hydrogen) atoms. The number of rotatable bonds is 2. The minimum absolute atomic E-state index is 0.200. The second-order valence-corrected chi connectivity index (χ2v) is 4.84. The van der Waals surface area contributed by atoms with E-state index in [1.165, 1.54) is 12.1 Å². The molecular weight excluding hydrogens is 230 g/mol. The fourth-order valence-corrected chi connectivity index (χ4v) is 1.94. The molecule has 0 fully saturated rings. The van der Waals surface area contributed by atoms with Gasteiger partial charge < -0.3 is 10.2 Å². The molecule has 2 N–H and O–H groups in total. The van der Waals surface area contributed by atoms with Gasteiger partial charge in [-0.25, -0.2) is 4.39 Å². The summed E-state index contributed by atoms with van der Waals surface area (Å²) in [5.41, 5.74) is 1.33. The molecule has 3 heteroatoms. The Labute approximate surface area is 105 Å². The van der Waals surface area contributed by atoms with Crippen LogP contribution in [0, 0.1) is 5.82 Å². The molecule has 94 valence electrons. The van der Waals surface area contributed by atoms with Crippen molar-refractivity contribution >= 4 is 0 Å². The SMILES string of the molecule is CC(C)(c1ccc(O)cc1)c1ccc(O)c([18F])c1. The van der Waals surface area contributed by atoms with Crippen LogP contribution in [0.15, 0.2) is 42.5 Å². The number of halogens is 1. The lowest BCUT2D eigenvalue weighted by Crippen LogP contribution is -2.18. The topological polar surface area (TPSA) is 40.5 Å². The van der Waals surface area contributed by atoms with Gasteiger partial charge in [0.05, 0.1) is 0 Å². The van der Waals surface area contributed by atoms with Crippen molar-refractivity contribution in [3.05, 3.63) is 59.4 Å². The molecule has 0 aliphatic rings. The van der Waals surface area contributed by atoms with Gasteiger partial charge in [-0.3, -0.25) is 0 Å². The van der Waals surface area contributed by atoms with E-state index >= 15 is 0 Å². The molecule has 0 spiro atoms. The molecule has 0 saturated carbocycles. The van der Waals surface area contributed by atoms with Crippen molar-refractivity contribution in [2.45, 2.75) is 19.3 Å². The summed E-state index contributed by atoms with van der Waals surface area (Å²) in [6.07, 6.45) is 0. The van der Waals surface area contributed by atoms with Crippen LogP contribution in [0.1, 0.15) is 25.0 Å². The smallest absolute Gasteiger partial charge is 0.165 e. The molecule has 2 nitrogen and oxygen atoms in total. The van der Waals surface area contributed by atoms with Crippen LogP contribution in [0.2, 0.25) is 0 Å². The zero-order chi connectivity index (χ0) is 13.3. The van der Waals surface area contributed by atoms with E-state index in [1.807, 2.05) is 13.8 Å². The average Bonchev–Trinajstić information content (AvgIpc) is 2.33.